The second-order valence-electron chi connectivity index (χ2n) is 4.89. The van der Waals surface area contributed by atoms with Gasteiger partial charge in [-0.25, -0.2) is 0 Å². The number of non-ortho nitro benzene ring substituents is 1. The van der Waals surface area contributed by atoms with Crippen LogP contribution in [-0.2, 0) is 0 Å². The van der Waals surface area contributed by atoms with E-state index in [4.69, 9.17) is 11.6 Å². The summed E-state index contributed by atoms with van der Waals surface area (Å²) in [6.45, 7) is 6.16. The number of hydrogen-bond acceptors (Lipinski definition) is 3. The zero-order valence-corrected chi connectivity index (χ0v) is 12.7. The molecule has 0 aliphatic carbocycles. The molecule has 0 fully saturated rings. The van der Waals surface area contributed by atoms with Gasteiger partial charge in [-0.2, -0.15) is 0 Å². The third kappa shape index (κ3) is 3.93. The Morgan fingerprint density at radius 3 is 2.55 bits per heavy atom. The zero-order valence-electron chi connectivity index (χ0n) is 11.9. The summed E-state index contributed by atoms with van der Waals surface area (Å²) in [5, 5.41) is 10.7. The highest BCUT2D eigenvalue weighted by molar-refractivity contribution is 6.17. The number of benzene rings is 1. The van der Waals surface area contributed by atoms with E-state index in [0.29, 0.717) is 23.6 Å². The van der Waals surface area contributed by atoms with Gasteiger partial charge < -0.3 is 4.90 Å². The van der Waals surface area contributed by atoms with Gasteiger partial charge in [0.15, 0.2) is 0 Å². The summed E-state index contributed by atoms with van der Waals surface area (Å²) in [5.74, 6) is 0.382. The molecule has 0 unspecified atom stereocenters. The molecule has 110 valence electrons. The van der Waals surface area contributed by atoms with Gasteiger partial charge in [0.05, 0.1) is 4.92 Å². The van der Waals surface area contributed by atoms with Crippen LogP contribution in [0.15, 0.2) is 18.2 Å². The molecule has 0 spiro atoms. The third-order valence-electron chi connectivity index (χ3n) is 3.07. The van der Waals surface area contributed by atoms with E-state index >= 15 is 0 Å². The maximum absolute atomic E-state index is 12.5. The van der Waals surface area contributed by atoms with E-state index in [1.165, 1.54) is 18.2 Å². The molecule has 1 aromatic rings. The highest BCUT2D eigenvalue weighted by Crippen LogP contribution is 2.19. The number of nitro benzene ring substituents is 1. The largest absolute Gasteiger partial charge is 0.336 e. The van der Waals surface area contributed by atoms with Gasteiger partial charge in [0, 0.05) is 36.2 Å². The average molecular weight is 299 g/mol. The van der Waals surface area contributed by atoms with Crippen LogP contribution in [0.4, 0.5) is 5.69 Å². The smallest absolute Gasteiger partial charge is 0.269 e. The van der Waals surface area contributed by atoms with Crippen LogP contribution in [0.3, 0.4) is 0 Å². The van der Waals surface area contributed by atoms with E-state index in [0.717, 1.165) is 6.42 Å². The number of carbonyl (C=O) groups is 1. The van der Waals surface area contributed by atoms with Crippen molar-refractivity contribution >= 4 is 23.2 Å². The van der Waals surface area contributed by atoms with Gasteiger partial charge in [-0.15, -0.1) is 11.6 Å². The van der Waals surface area contributed by atoms with Crippen molar-refractivity contribution in [3.63, 3.8) is 0 Å². The Labute approximate surface area is 123 Å². The fraction of sp³-hybridized carbons (Fsp3) is 0.500. The van der Waals surface area contributed by atoms with E-state index in [1.807, 2.05) is 13.8 Å². The lowest BCUT2D eigenvalue weighted by Gasteiger charge is -2.27. The molecule has 6 heteroatoms. The molecule has 20 heavy (non-hydrogen) atoms. The molecule has 5 nitrogen and oxygen atoms in total. The Hall–Kier alpha value is -1.62. The number of rotatable bonds is 6. The minimum atomic E-state index is -0.463. The van der Waals surface area contributed by atoms with Gasteiger partial charge in [-0.05, 0) is 38.8 Å². The lowest BCUT2D eigenvalue weighted by atomic mass is 10.1. The first-order valence-corrected chi connectivity index (χ1v) is 7.04. The minimum absolute atomic E-state index is 0.00379. The normalized spacial score (nSPS) is 10.7. The van der Waals surface area contributed by atoms with E-state index in [9.17, 15) is 14.9 Å². The van der Waals surface area contributed by atoms with Crippen LogP contribution >= 0.6 is 11.6 Å². The highest BCUT2D eigenvalue weighted by Gasteiger charge is 2.21. The first kappa shape index (κ1) is 16.4. The second-order valence-corrected chi connectivity index (χ2v) is 5.27. The monoisotopic (exact) mass is 298 g/mol. The van der Waals surface area contributed by atoms with E-state index in [2.05, 4.69) is 0 Å². The van der Waals surface area contributed by atoms with E-state index in [-0.39, 0.29) is 17.6 Å². The predicted octanol–water partition coefficient (Wildman–Crippen LogP) is 3.38. The van der Waals surface area contributed by atoms with E-state index in [1.54, 1.807) is 11.8 Å². The summed E-state index contributed by atoms with van der Waals surface area (Å²) in [5.41, 5.74) is 1.11. The molecular formula is C14H19ClN2O3. The van der Waals surface area contributed by atoms with Crippen LogP contribution < -0.4 is 0 Å². The number of hydrogen-bond donors (Lipinski definition) is 0. The third-order valence-corrected chi connectivity index (χ3v) is 3.34. The van der Waals surface area contributed by atoms with Crippen LogP contribution in [0.25, 0.3) is 0 Å². The Morgan fingerprint density at radius 2 is 2.10 bits per heavy atom. The van der Waals surface area contributed by atoms with Crippen LogP contribution in [-0.4, -0.2) is 34.2 Å². The Bertz CT molecular complexity index is 503. The molecule has 0 saturated carbocycles. The summed E-state index contributed by atoms with van der Waals surface area (Å²) in [4.78, 5) is 24.5. The second kappa shape index (κ2) is 7.24. The number of nitrogens with zero attached hydrogens (tertiary/aromatic N) is 2. The lowest BCUT2D eigenvalue weighted by molar-refractivity contribution is -0.384. The number of halogens is 1. The van der Waals surface area contributed by atoms with Gasteiger partial charge in [-0.1, -0.05) is 0 Å². The average Bonchev–Trinajstić information content (AvgIpc) is 2.38. The fourth-order valence-electron chi connectivity index (χ4n) is 1.98. The van der Waals surface area contributed by atoms with Crippen molar-refractivity contribution in [1.29, 1.82) is 0 Å². The SMILES string of the molecule is Cc1cc([N+](=O)[O-])ccc1C(=O)N(CCCCl)C(C)C. The number of carbonyl (C=O) groups excluding carboxylic acids is 1. The van der Waals surface area contributed by atoms with Gasteiger partial charge in [-0.3, -0.25) is 14.9 Å². The fourth-order valence-corrected chi connectivity index (χ4v) is 2.10. The van der Waals surface area contributed by atoms with Crippen molar-refractivity contribution < 1.29 is 9.72 Å². The maximum Gasteiger partial charge on any atom is 0.269 e. The standard InChI is InChI=1S/C14H19ClN2O3/c1-10(2)16(8-4-7-15)14(18)13-6-5-12(17(19)20)9-11(13)3/h5-6,9-10H,4,7-8H2,1-3H3. The molecule has 0 aliphatic rings. The molecule has 0 saturated heterocycles. The zero-order chi connectivity index (χ0) is 15.3. The predicted molar refractivity (Wildman–Crippen MR) is 79.3 cm³/mol. The molecule has 0 atom stereocenters. The van der Waals surface area contributed by atoms with Crippen LogP contribution in [0.1, 0.15) is 36.2 Å². The van der Waals surface area contributed by atoms with Crippen molar-refractivity contribution in [1.82, 2.24) is 4.90 Å². The topological polar surface area (TPSA) is 63.5 Å². The van der Waals surface area contributed by atoms with Gasteiger partial charge in [0.2, 0.25) is 0 Å². The van der Waals surface area contributed by atoms with E-state index < -0.39 is 4.92 Å². The highest BCUT2D eigenvalue weighted by atomic mass is 35.5. The molecule has 1 aromatic carbocycles. The quantitative estimate of drug-likeness (QED) is 0.459. The van der Waals surface area contributed by atoms with Crippen molar-refractivity contribution in [2.24, 2.45) is 0 Å². The summed E-state index contributed by atoms with van der Waals surface area (Å²) in [7, 11) is 0. The summed E-state index contributed by atoms with van der Waals surface area (Å²) < 4.78 is 0. The molecule has 0 N–H and O–H groups in total. The lowest BCUT2D eigenvalue weighted by Crippen LogP contribution is -2.38. The van der Waals surface area contributed by atoms with Crippen molar-refractivity contribution in [2.75, 3.05) is 12.4 Å². The summed E-state index contributed by atoms with van der Waals surface area (Å²) >= 11 is 5.67. The van der Waals surface area contributed by atoms with Gasteiger partial charge in [0.1, 0.15) is 0 Å². The first-order valence-electron chi connectivity index (χ1n) is 6.50. The van der Waals surface area contributed by atoms with Crippen molar-refractivity contribution in [2.45, 2.75) is 33.2 Å². The number of nitro groups is 1. The Morgan fingerprint density at radius 1 is 1.45 bits per heavy atom. The number of aryl methyl sites for hydroxylation is 1. The molecule has 0 bridgehead atoms. The van der Waals surface area contributed by atoms with Gasteiger partial charge >= 0.3 is 0 Å². The molecule has 1 rings (SSSR count). The number of alkyl halides is 1. The molecule has 0 aliphatic heterocycles. The molecule has 0 radical (unpaired) electrons. The first-order chi connectivity index (χ1) is 9.38. The van der Waals surface area contributed by atoms with Crippen molar-refractivity contribution in [3.8, 4) is 0 Å². The minimum Gasteiger partial charge on any atom is -0.336 e. The van der Waals surface area contributed by atoms with Crippen LogP contribution in [0.5, 0.6) is 0 Å². The van der Waals surface area contributed by atoms with Crippen LogP contribution in [0.2, 0.25) is 0 Å². The molecule has 1 amide bonds. The molecule has 0 aromatic heterocycles. The van der Waals surface area contributed by atoms with Crippen LogP contribution in [0, 0.1) is 17.0 Å². The summed E-state index contributed by atoms with van der Waals surface area (Å²) in [6, 6.07) is 4.36. The Kier molecular flexibility index (Phi) is 5.95. The summed E-state index contributed by atoms with van der Waals surface area (Å²) in [6.07, 6.45) is 0.720. The molecule has 0 heterocycles. The number of amides is 1. The molecular weight excluding hydrogens is 280 g/mol. The maximum atomic E-state index is 12.5. The Balaban J connectivity index is 3.03. The van der Waals surface area contributed by atoms with Gasteiger partial charge in [0.25, 0.3) is 11.6 Å². The van der Waals surface area contributed by atoms with Crippen molar-refractivity contribution in [3.05, 3.63) is 39.4 Å².